The number of carbonyl (C=O) groups is 1. The Morgan fingerprint density at radius 2 is 1.69 bits per heavy atom. The molecular weight excluding hydrogens is 162 g/mol. The molecule has 1 heterocycles. The van der Waals surface area contributed by atoms with Gasteiger partial charge in [0.2, 0.25) is 0 Å². The van der Waals surface area contributed by atoms with E-state index in [2.05, 4.69) is 25.7 Å². The maximum atomic E-state index is 11.4. The lowest BCUT2D eigenvalue weighted by atomic mass is 10.0. The van der Waals surface area contributed by atoms with Gasteiger partial charge in [0.25, 0.3) is 5.91 Å². The van der Waals surface area contributed by atoms with Gasteiger partial charge in [-0.25, -0.2) is 0 Å². The van der Waals surface area contributed by atoms with Crippen LogP contribution in [-0.4, -0.2) is 5.91 Å². The first-order chi connectivity index (χ1) is 6.20. The summed E-state index contributed by atoms with van der Waals surface area (Å²) in [6, 6.07) is 0. The quantitative estimate of drug-likeness (QED) is 0.706. The minimum Gasteiger partial charge on any atom is -0.323 e. The molecule has 2 heteroatoms. The van der Waals surface area contributed by atoms with E-state index in [-0.39, 0.29) is 5.91 Å². The van der Waals surface area contributed by atoms with Gasteiger partial charge in [-0.3, -0.25) is 4.79 Å². The first kappa shape index (κ1) is 10.0. The summed E-state index contributed by atoms with van der Waals surface area (Å²) in [7, 11) is 0. The van der Waals surface area contributed by atoms with Crippen LogP contribution in [0.1, 0.15) is 39.5 Å². The van der Waals surface area contributed by atoms with Crippen LogP contribution in [0.25, 0.3) is 0 Å². The highest BCUT2D eigenvalue weighted by molar-refractivity contribution is 6.00. The standard InChI is InChI=1S/C11H17NO/c1-4-6-9-8(3)12-11(13)10(9)7-5-2/h3-7H2,1-2H3,(H,12,13). The Morgan fingerprint density at radius 3 is 2.23 bits per heavy atom. The molecule has 2 nitrogen and oxygen atoms in total. The van der Waals surface area contributed by atoms with Gasteiger partial charge >= 0.3 is 0 Å². The molecule has 13 heavy (non-hydrogen) atoms. The fraction of sp³-hybridized carbons (Fsp3) is 0.545. The van der Waals surface area contributed by atoms with Crippen molar-refractivity contribution in [3.63, 3.8) is 0 Å². The minimum atomic E-state index is 0.0651. The van der Waals surface area contributed by atoms with E-state index in [9.17, 15) is 4.79 Å². The van der Waals surface area contributed by atoms with Crippen molar-refractivity contribution in [2.24, 2.45) is 0 Å². The molecule has 0 aromatic rings. The van der Waals surface area contributed by atoms with Crippen LogP contribution in [0.3, 0.4) is 0 Å². The summed E-state index contributed by atoms with van der Waals surface area (Å²) >= 11 is 0. The molecule has 0 aromatic carbocycles. The van der Waals surface area contributed by atoms with Crippen molar-refractivity contribution in [1.29, 1.82) is 0 Å². The summed E-state index contributed by atoms with van der Waals surface area (Å²) in [6.45, 7) is 8.05. The molecule has 0 atom stereocenters. The molecule has 0 bridgehead atoms. The largest absolute Gasteiger partial charge is 0.323 e. The normalized spacial score (nSPS) is 16.8. The Morgan fingerprint density at radius 1 is 1.15 bits per heavy atom. The molecule has 1 aliphatic heterocycles. The topological polar surface area (TPSA) is 29.1 Å². The molecular formula is C11H17NO. The number of carbonyl (C=O) groups excluding carboxylic acids is 1. The van der Waals surface area contributed by atoms with E-state index in [0.29, 0.717) is 0 Å². The van der Waals surface area contributed by atoms with Gasteiger partial charge in [0.05, 0.1) is 0 Å². The van der Waals surface area contributed by atoms with Gasteiger partial charge in [0.1, 0.15) is 0 Å². The molecule has 72 valence electrons. The lowest BCUT2D eigenvalue weighted by molar-refractivity contribution is -0.116. The summed E-state index contributed by atoms with van der Waals surface area (Å²) in [4.78, 5) is 11.4. The Hall–Kier alpha value is -1.05. The van der Waals surface area contributed by atoms with Gasteiger partial charge in [-0.15, -0.1) is 0 Å². The van der Waals surface area contributed by atoms with Crippen molar-refractivity contribution < 1.29 is 4.79 Å². The van der Waals surface area contributed by atoms with Crippen molar-refractivity contribution in [3.05, 3.63) is 23.4 Å². The van der Waals surface area contributed by atoms with Crippen LogP contribution >= 0.6 is 0 Å². The summed E-state index contributed by atoms with van der Waals surface area (Å²) in [6.07, 6.45) is 3.92. The van der Waals surface area contributed by atoms with E-state index in [1.165, 1.54) is 0 Å². The fourth-order valence-corrected chi connectivity index (χ4v) is 1.67. The third kappa shape index (κ3) is 2.00. The van der Waals surface area contributed by atoms with Gasteiger partial charge in [0, 0.05) is 11.3 Å². The average Bonchev–Trinajstić information content (AvgIpc) is 2.33. The second-order valence-electron chi connectivity index (χ2n) is 3.39. The van der Waals surface area contributed by atoms with Crippen molar-refractivity contribution >= 4 is 5.91 Å². The Bertz CT molecular complexity index is 237. The van der Waals surface area contributed by atoms with E-state index in [0.717, 1.165) is 42.5 Å². The van der Waals surface area contributed by atoms with Gasteiger partial charge in [-0.05, 0) is 18.4 Å². The monoisotopic (exact) mass is 179 g/mol. The van der Waals surface area contributed by atoms with Crippen molar-refractivity contribution in [2.45, 2.75) is 39.5 Å². The van der Waals surface area contributed by atoms with Crippen LogP contribution < -0.4 is 5.32 Å². The van der Waals surface area contributed by atoms with Gasteiger partial charge in [-0.2, -0.15) is 0 Å². The molecule has 0 fully saturated rings. The molecule has 0 spiro atoms. The average molecular weight is 179 g/mol. The second-order valence-corrected chi connectivity index (χ2v) is 3.39. The van der Waals surface area contributed by atoms with Crippen LogP contribution in [0.2, 0.25) is 0 Å². The van der Waals surface area contributed by atoms with Crippen LogP contribution in [0.15, 0.2) is 23.4 Å². The van der Waals surface area contributed by atoms with Gasteiger partial charge < -0.3 is 5.32 Å². The number of hydrogen-bond acceptors (Lipinski definition) is 1. The molecule has 1 amide bonds. The van der Waals surface area contributed by atoms with Gasteiger partial charge in [0.15, 0.2) is 0 Å². The number of amides is 1. The highest BCUT2D eigenvalue weighted by Gasteiger charge is 2.23. The Kier molecular flexibility index (Phi) is 3.29. The van der Waals surface area contributed by atoms with Crippen molar-refractivity contribution in [2.75, 3.05) is 0 Å². The SMILES string of the molecule is C=C1NC(=O)C(CCC)=C1CCC. The van der Waals surface area contributed by atoms with E-state index < -0.39 is 0 Å². The number of nitrogens with one attached hydrogen (secondary N) is 1. The predicted octanol–water partition coefficient (Wildman–Crippen LogP) is 2.53. The molecule has 0 unspecified atom stereocenters. The zero-order chi connectivity index (χ0) is 9.84. The maximum Gasteiger partial charge on any atom is 0.251 e. The molecule has 0 aromatic heterocycles. The molecule has 0 saturated heterocycles. The number of allylic oxidation sites excluding steroid dienone is 1. The summed E-state index contributed by atoms with van der Waals surface area (Å²) in [5.74, 6) is 0.0651. The van der Waals surface area contributed by atoms with Crippen LogP contribution in [0.5, 0.6) is 0 Å². The minimum absolute atomic E-state index is 0.0651. The van der Waals surface area contributed by atoms with E-state index >= 15 is 0 Å². The predicted molar refractivity (Wildman–Crippen MR) is 54.1 cm³/mol. The first-order valence-electron chi connectivity index (χ1n) is 4.93. The van der Waals surface area contributed by atoms with Crippen LogP contribution in [-0.2, 0) is 4.79 Å². The highest BCUT2D eigenvalue weighted by Crippen LogP contribution is 2.26. The van der Waals surface area contributed by atoms with Crippen LogP contribution in [0.4, 0.5) is 0 Å². The van der Waals surface area contributed by atoms with Crippen molar-refractivity contribution in [1.82, 2.24) is 5.32 Å². The maximum absolute atomic E-state index is 11.4. The fourth-order valence-electron chi connectivity index (χ4n) is 1.67. The third-order valence-corrected chi connectivity index (χ3v) is 2.27. The molecule has 1 rings (SSSR count). The molecule has 0 radical (unpaired) electrons. The zero-order valence-corrected chi connectivity index (χ0v) is 8.44. The summed E-state index contributed by atoms with van der Waals surface area (Å²) in [5, 5.41) is 2.78. The first-order valence-corrected chi connectivity index (χ1v) is 4.93. The van der Waals surface area contributed by atoms with Crippen molar-refractivity contribution in [3.8, 4) is 0 Å². The highest BCUT2D eigenvalue weighted by atomic mass is 16.1. The molecule has 1 N–H and O–H groups in total. The molecule has 0 aliphatic carbocycles. The van der Waals surface area contributed by atoms with E-state index in [4.69, 9.17) is 0 Å². The Balaban J connectivity index is 2.88. The van der Waals surface area contributed by atoms with E-state index in [1.54, 1.807) is 0 Å². The number of hydrogen-bond donors (Lipinski definition) is 1. The Labute approximate surface area is 79.7 Å². The summed E-state index contributed by atoms with van der Waals surface area (Å²) < 4.78 is 0. The lowest BCUT2D eigenvalue weighted by Crippen LogP contribution is -2.15. The van der Waals surface area contributed by atoms with Gasteiger partial charge in [-0.1, -0.05) is 33.3 Å². The smallest absolute Gasteiger partial charge is 0.251 e. The summed E-state index contributed by atoms with van der Waals surface area (Å²) in [5.41, 5.74) is 2.92. The lowest BCUT2D eigenvalue weighted by Gasteiger charge is -2.02. The molecule has 0 saturated carbocycles. The molecule has 1 aliphatic rings. The third-order valence-electron chi connectivity index (χ3n) is 2.27. The van der Waals surface area contributed by atoms with Crippen LogP contribution in [0, 0.1) is 0 Å². The number of rotatable bonds is 4. The zero-order valence-electron chi connectivity index (χ0n) is 8.44. The van der Waals surface area contributed by atoms with E-state index in [1.807, 2.05) is 0 Å². The second kappa shape index (κ2) is 4.26.